The van der Waals surface area contributed by atoms with Crippen molar-refractivity contribution in [1.82, 2.24) is 5.32 Å². The Morgan fingerprint density at radius 3 is 2.56 bits per heavy atom. The van der Waals surface area contributed by atoms with Crippen LogP contribution in [0.1, 0.15) is 42.9 Å². The van der Waals surface area contributed by atoms with Gasteiger partial charge in [0.1, 0.15) is 0 Å². The molecule has 1 amide bonds. The van der Waals surface area contributed by atoms with Gasteiger partial charge in [0.25, 0.3) is 0 Å². The summed E-state index contributed by atoms with van der Waals surface area (Å²) in [5.74, 6) is 2.48. The van der Waals surface area contributed by atoms with Crippen LogP contribution < -0.4 is 5.32 Å². The highest BCUT2D eigenvalue weighted by Gasteiger charge is 2.03. The molecule has 0 aliphatic rings. The predicted octanol–water partition coefficient (Wildman–Crippen LogP) is 5.45. The second-order valence-corrected chi connectivity index (χ2v) is 7.97. The van der Waals surface area contributed by atoms with E-state index in [-0.39, 0.29) is 5.91 Å². The third-order valence-electron chi connectivity index (χ3n) is 4.01. The van der Waals surface area contributed by atoms with Gasteiger partial charge < -0.3 is 5.32 Å². The molecule has 0 saturated carbocycles. The van der Waals surface area contributed by atoms with E-state index < -0.39 is 0 Å². The molecule has 1 N–H and O–H groups in total. The summed E-state index contributed by atoms with van der Waals surface area (Å²) in [4.78, 5) is 11.9. The Bertz CT molecular complexity index is 670. The number of hydrogen-bond acceptors (Lipinski definition) is 2. The third-order valence-corrected chi connectivity index (χ3v) is 5.28. The van der Waals surface area contributed by atoms with Crippen LogP contribution in [-0.2, 0) is 17.0 Å². The minimum Gasteiger partial charge on any atom is -0.355 e. The number of carbonyl (C=O) groups is 1. The minimum atomic E-state index is 0.122. The molecule has 0 aliphatic carbocycles. The number of hydrogen-bond donors (Lipinski definition) is 1. The zero-order valence-electron chi connectivity index (χ0n) is 14.9. The van der Waals surface area contributed by atoms with Crippen molar-refractivity contribution in [1.29, 1.82) is 0 Å². The van der Waals surface area contributed by atoms with Crippen LogP contribution in [0, 0.1) is 0 Å². The molecule has 0 aliphatic heterocycles. The van der Waals surface area contributed by atoms with E-state index in [0.717, 1.165) is 22.9 Å². The SMILES string of the molecule is CC(C)c1ccc(CCC(=O)NCCSCc2cccc(Cl)c2)cc1. The van der Waals surface area contributed by atoms with Crippen LogP contribution in [-0.4, -0.2) is 18.2 Å². The molecule has 2 aromatic rings. The van der Waals surface area contributed by atoms with Crippen molar-refractivity contribution in [2.75, 3.05) is 12.3 Å². The van der Waals surface area contributed by atoms with Gasteiger partial charge in [0.05, 0.1) is 0 Å². The van der Waals surface area contributed by atoms with Gasteiger partial charge in [-0.1, -0.05) is 61.8 Å². The van der Waals surface area contributed by atoms with Crippen molar-refractivity contribution in [3.8, 4) is 0 Å². The number of benzene rings is 2. The first kappa shape index (κ1) is 19.9. The van der Waals surface area contributed by atoms with Gasteiger partial charge in [-0.2, -0.15) is 11.8 Å². The van der Waals surface area contributed by atoms with E-state index in [1.807, 2.05) is 18.2 Å². The molecule has 0 fully saturated rings. The number of aryl methyl sites for hydroxylation is 1. The van der Waals surface area contributed by atoms with Gasteiger partial charge in [0.2, 0.25) is 5.91 Å². The number of thioether (sulfide) groups is 1. The van der Waals surface area contributed by atoms with Crippen molar-refractivity contribution in [2.24, 2.45) is 0 Å². The lowest BCUT2D eigenvalue weighted by Crippen LogP contribution is -2.25. The molecule has 0 spiro atoms. The third kappa shape index (κ3) is 7.54. The number of halogens is 1. The van der Waals surface area contributed by atoms with Gasteiger partial charge in [-0.15, -0.1) is 0 Å². The second kappa shape index (κ2) is 10.5. The van der Waals surface area contributed by atoms with Crippen LogP contribution in [0.25, 0.3) is 0 Å². The zero-order valence-corrected chi connectivity index (χ0v) is 16.5. The number of nitrogens with one attached hydrogen (secondary N) is 1. The highest BCUT2D eigenvalue weighted by Crippen LogP contribution is 2.17. The van der Waals surface area contributed by atoms with Gasteiger partial charge in [0.15, 0.2) is 0 Å². The van der Waals surface area contributed by atoms with Crippen LogP contribution in [0.2, 0.25) is 5.02 Å². The van der Waals surface area contributed by atoms with Crippen LogP contribution in [0.15, 0.2) is 48.5 Å². The highest BCUT2D eigenvalue weighted by atomic mass is 35.5. The summed E-state index contributed by atoms with van der Waals surface area (Å²) in [7, 11) is 0. The van der Waals surface area contributed by atoms with Crippen molar-refractivity contribution >= 4 is 29.3 Å². The fraction of sp³-hybridized carbons (Fsp3) is 0.381. The Hall–Kier alpha value is -1.45. The molecule has 0 saturated heterocycles. The quantitative estimate of drug-likeness (QED) is 0.591. The van der Waals surface area contributed by atoms with E-state index in [4.69, 9.17) is 11.6 Å². The normalized spacial score (nSPS) is 10.9. The Morgan fingerprint density at radius 1 is 1.12 bits per heavy atom. The average Bonchev–Trinajstić information content (AvgIpc) is 2.60. The van der Waals surface area contributed by atoms with Crippen LogP contribution in [0.3, 0.4) is 0 Å². The Balaban J connectivity index is 1.59. The molecule has 2 aromatic carbocycles. The monoisotopic (exact) mass is 375 g/mol. The lowest BCUT2D eigenvalue weighted by atomic mass is 10.0. The second-order valence-electron chi connectivity index (χ2n) is 6.43. The van der Waals surface area contributed by atoms with E-state index in [2.05, 4.69) is 49.5 Å². The average molecular weight is 376 g/mol. The molecule has 0 radical (unpaired) electrons. The summed E-state index contributed by atoms with van der Waals surface area (Å²) in [5, 5.41) is 3.77. The first-order chi connectivity index (χ1) is 12.0. The van der Waals surface area contributed by atoms with E-state index in [1.54, 1.807) is 11.8 Å². The minimum absolute atomic E-state index is 0.122. The standard InChI is InChI=1S/C21H26ClNOS/c1-16(2)19-9-6-17(7-10-19)8-11-21(24)23-12-13-25-15-18-4-3-5-20(22)14-18/h3-7,9-10,14,16H,8,11-13,15H2,1-2H3,(H,23,24). The lowest BCUT2D eigenvalue weighted by Gasteiger charge is -2.08. The molecule has 2 nitrogen and oxygen atoms in total. The molecule has 0 aromatic heterocycles. The van der Waals surface area contributed by atoms with Crippen LogP contribution >= 0.6 is 23.4 Å². The van der Waals surface area contributed by atoms with E-state index >= 15 is 0 Å². The number of rotatable bonds is 9. The van der Waals surface area contributed by atoms with Crippen LogP contribution in [0.4, 0.5) is 0 Å². The molecule has 0 heterocycles. The molecule has 0 bridgehead atoms. The smallest absolute Gasteiger partial charge is 0.220 e. The van der Waals surface area contributed by atoms with E-state index in [0.29, 0.717) is 18.9 Å². The van der Waals surface area contributed by atoms with Crippen molar-refractivity contribution in [3.05, 3.63) is 70.2 Å². The number of amides is 1. The molecule has 134 valence electrons. The summed E-state index contributed by atoms with van der Waals surface area (Å²) in [6, 6.07) is 16.5. The molecular weight excluding hydrogens is 350 g/mol. The Morgan fingerprint density at radius 2 is 1.88 bits per heavy atom. The van der Waals surface area contributed by atoms with Gasteiger partial charge in [0, 0.05) is 29.5 Å². The van der Waals surface area contributed by atoms with Gasteiger partial charge in [-0.25, -0.2) is 0 Å². The maximum Gasteiger partial charge on any atom is 0.220 e. The summed E-state index contributed by atoms with van der Waals surface area (Å²) in [6.07, 6.45) is 1.33. The molecule has 0 atom stereocenters. The predicted molar refractivity (Wildman–Crippen MR) is 109 cm³/mol. The molecule has 2 rings (SSSR count). The van der Waals surface area contributed by atoms with Gasteiger partial charge >= 0.3 is 0 Å². The maximum atomic E-state index is 11.9. The summed E-state index contributed by atoms with van der Waals surface area (Å²) < 4.78 is 0. The summed E-state index contributed by atoms with van der Waals surface area (Å²) in [5.41, 5.74) is 3.77. The van der Waals surface area contributed by atoms with Crippen LogP contribution in [0.5, 0.6) is 0 Å². The van der Waals surface area contributed by atoms with Crippen molar-refractivity contribution in [3.63, 3.8) is 0 Å². The topological polar surface area (TPSA) is 29.1 Å². The summed E-state index contributed by atoms with van der Waals surface area (Å²) in [6.45, 7) is 5.08. The van der Waals surface area contributed by atoms with Crippen molar-refractivity contribution in [2.45, 2.75) is 38.4 Å². The molecule has 0 unspecified atom stereocenters. The number of carbonyl (C=O) groups excluding carboxylic acids is 1. The maximum absolute atomic E-state index is 11.9. The fourth-order valence-electron chi connectivity index (χ4n) is 2.49. The van der Waals surface area contributed by atoms with Crippen molar-refractivity contribution < 1.29 is 4.79 Å². The largest absolute Gasteiger partial charge is 0.355 e. The molecular formula is C21H26ClNOS. The highest BCUT2D eigenvalue weighted by molar-refractivity contribution is 7.98. The first-order valence-electron chi connectivity index (χ1n) is 8.72. The Kier molecular flexibility index (Phi) is 8.36. The molecule has 4 heteroatoms. The molecule has 25 heavy (non-hydrogen) atoms. The summed E-state index contributed by atoms with van der Waals surface area (Å²) >= 11 is 7.77. The zero-order chi connectivity index (χ0) is 18.1. The van der Waals surface area contributed by atoms with E-state index in [1.165, 1.54) is 16.7 Å². The Labute approximate surface area is 160 Å². The fourth-order valence-corrected chi connectivity index (χ4v) is 3.51. The lowest BCUT2D eigenvalue weighted by molar-refractivity contribution is -0.120. The van der Waals surface area contributed by atoms with E-state index in [9.17, 15) is 4.79 Å². The van der Waals surface area contributed by atoms with Gasteiger partial charge in [-0.05, 0) is 41.2 Å². The van der Waals surface area contributed by atoms with Gasteiger partial charge in [-0.3, -0.25) is 4.79 Å². The first-order valence-corrected chi connectivity index (χ1v) is 10.3.